The van der Waals surface area contributed by atoms with Gasteiger partial charge in [0.05, 0.1) is 18.4 Å². The predicted octanol–water partition coefficient (Wildman–Crippen LogP) is 3.17. The van der Waals surface area contributed by atoms with E-state index in [-0.39, 0.29) is 5.91 Å². The molecule has 0 radical (unpaired) electrons. The van der Waals surface area contributed by atoms with Crippen molar-refractivity contribution in [3.8, 4) is 15.6 Å². The molecule has 1 saturated heterocycles. The topological polar surface area (TPSA) is 58.6 Å². The van der Waals surface area contributed by atoms with Gasteiger partial charge in [-0.2, -0.15) is 0 Å². The van der Waals surface area contributed by atoms with E-state index < -0.39 is 0 Å². The summed E-state index contributed by atoms with van der Waals surface area (Å²) in [5.74, 6) is 0.968. The van der Waals surface area contributed by atoms with Crippen molar-refractivity contribution in [1.29, 1.82) is 0 Å². The lowest BCUT2D eigenvalue weighted by molar-refractivity contribution is -0.130. The molecule has 4 rings (SSSR count). The second-order valence-electron chi connectivity index (χ2n) is 6.26. The lowest BCUT2D eigenvalue weighted by Gasteiger charge is -2.34. The number of carbonyl (C=O) groups is 1. The van der Waals surface area contributed by atoms with Crippen LogP contribution in [0.4, 0.5) is 5.13 Å². The molecule has 1 aliphatic heterocycles. The molecular formula is C19H20N4O2S2. The van der Waals surface area contributed by atoms with E-state index in [1.165, 1.54) is 0 Å². The van der Waals surface area contributed by atoms with E-state index >= 15 is 0 Å². The van der Waals surface area contributed by atoms with Gasteiger partial charge in [0.1, 0.15) is 5.75 Å². The molecule has 0 bridgehead atoms. The number of anilines is 1. The van der Waals surface area contributed by atoms with Crippen LogP contribution in [0.2, 0.25) is 0 Å². The van der Waals surface area contributed by atoms with Crippen LogP contribution in [0.15, 0.2) is 41.8 Å². The second-order valence-corrected chi connectivity index (χ2v) is 8.16. The average Bonchev–Trinajstić information content (AvgIpc) is 3.40. The first-order valence-electron chi connectivity index (χ1n) is 8.76. The summed E-state index contributed by atoms with van der Waals surface area (Å²) in [5.41, 5.74) is 1.01. The van der Waals surface area contributed by atoms with Crippen LogP contribution >= 0.6 is 22.7 Å². The summed E-state index contributed by atoms with van der Waals surface area (Å²) in [6.45, 7) is 2.99. The molecule has 2 aromatic heterocycles. The Labute approximate surface area is 166 Å². The average molecular weight is 401 g/mol. The highest BCUT2D eigenvalue weighted by Crippen LogP contribution is 2.31. The number of aromatic nitrogens is 2. The first-order chi connectivity index (χ1) is 13.2. The molecule has 8 heteroatoms. The molecule has 1 aromatic carbocycles. The van der Waals surface area contributed by atoms with Crippen molar-refractivity contribution in [3.05, 3.63) is 47.3 Å². The van der Waals surface area contributed by atoms with Gasteiger partial charge in [0.15, 0.2) is 5.01 Å². The van der Waals surface area contributed by atoms with E-state index in [9.17, 15) is 4.79 Å². The molecule has 6 nitrogen and oxygen atoms in total. The highest BCUT2D eigenvalue weighted by Gasteiger charge is 2.23. The molecule has 140 valence electrons. The summed E-state index contributed by atoms with van der Waals surface area (Å²) >= 11 is 3.28. The fourth-order valence-corrected chi connectivity index (χ4v) is 4.71. The summed E-state index contributed by atoms with van der Waals surface area (Å²) in [4.78, 5) is 17.9. The summed E-state index contributed by atoms with van der Waals surface area (Å²) in [6, 6.07) is 11.8. The van der Waals surface area contributed by atoms with Gasteiger partial charge in [0, 0.05) is 26.2 Å². The molecule has 0 saturated carbocycles. The van der Waals surface area contributed by atoms with Crippen LogP contribution in [-0.4, -0.2) is 54.3 Å². The van der Waals surface area contributed by atoms with Gasteiger partial charge >= 0.3 is 0 Å². The maximum absolute atomic E-state index is 12.6. The molecule has 0 N–H and O–H groups in total. The zero-order valence-corrected chi connectivity index (χ0v) is 16.6. The van der Waals surface area contributed by atoms with E-state index in [1.54, 1.807) is 29.8 Å². The number of methoxy groups -OCH3 is 1. The minimum atomic E-state index is 0.163. The molecule has 27 heavy (non-hydrogen) atoms. The Balaban J connectivity index is 1.32. The van der Waals surface area contributed by atoms with Crippen LogP contribution in [0.1, 0.15) is 5.56 Å². The van der Waals surface area contributed by atoms with E-state index in [1.807, 2.05) is 40.6 Å². The zero-order chi connectivity index (χ0) is 18.6. The summed E-state index contributed by atoms with van der Waals surface area (Å²) in [6.07, 6.45) is 0.422. The molecule has 3 heterocycles. The van der Waals surface area contributed by atoms with Crippen LogP contribution in [-0.2, 0) is 11.2 Å². The Morgan fingerprint density at radius 1 is 1.11 bits per heavy atom. The molecule has 1 aliphatic rings. The molecule has 1 amide bonds. The van der Waals surface area contributed by atoms with E-state index in [0.717, 1.165) is 39.4 Å². The van der Waals surface area contributed by atoms with Crippen LogP contribution < -0.4 is 9.64 Å². The Morgan fingerprint density at radius 3 is 2.56 bits per heavy atom. The molecule has 0 atom stereocenters. The first kappa shape index (κ1) is 17.9. The Bertz CT molecular complexity index is 885. The maximum atomic E-state index is 12.6. The standard InChI is InChI=1S/C19H20N4O2S2/c1-25-15-6-4-14(5-7-15)13-17(24)22-8-10-23(11-9-22)19-21-20-18(27-19)16-3-2-12-26-16/h2-7,12H,8-11,13H2,1H3. The number of rotatable bonds is 5. The van der Waals surface area contributed by atoms with Crippen LogP contribution in [0.3, 0.4) is 0 Å². The number of carbonyl (C=O) groups excluding carboxylic acids is 1. The van der Waals surface area contributed by atoms with Crippen molar-refractivity contribution >= 4 is 33.7 Å². The van der Waals surface area contributed by atoms with Crippen molar-refractivity contribution in [2.45, 2.75) is 6.42 Å². The number of ether oxygens (including phenoxy) is 1. The van der Waals surface area contributed by atoms with Crippen LogP contribution in [0.5, 0.6) is 5.75 Å². The fourth-order valence-electron chi connectivity index (χ4n) is 3.02. The number of nitrogens with zero attached hydrogens (tertiary/aromatic N) is 4. The molecule has 3 aromatic rings. The smallest absolute Gasteiger partial charge is 0.227 e. The number of hydrogen-bond donors (Lipinski definition) is 0. The number of piperazine rings is 1. The summed E-state index contributed by atoms with van der Waals surface area (Å²) in [7, 11) is 1.64. The molecule has 0 spiro atoms. The fraction of sp³-hybridized carbons (Fsp3) is 0.316. The normalized spacial score (nSPS) is 14.4. The second kappa shape index (κ2) is 8.06. The zero-order valence-electron chi connectivity index (χ0n) is 15.0. The van der Waals surface area contributed by atoms with Gasteiger partial charge in [-0.3, -0.25) is 4.79 Å². The van der Waals surface area contributed by atoms with Gasteiger partial charge in [-0.25, -0.2) is 0 Å². The monoisotopic (exact) mass is 400 g/mol. The van der Waals surface area contributed by atoms with Crippen LogP contribution in [0, 0.1) is 0 Å². The predicted molar refractivity (Wildman–Crippen MR) is 109 cm³/mol. The van der Waals surface area contributed by atoms with Gasteiger partial charge < -0.3 is 14.5 Å². The van der Waals surface area contributed by atoms with Crippen molar-refractivity contribution in [2.75, 3.05) is 38.2 Å². The SMILES string of the molecule is COc1ccc(CC(=O)N2CCN(c3nnc(-c4cccs4)s3)CC2)cc1. The van der Waals surface area contributed by atoms with Crippen molar-refractivity contribution in [2.24, 2.45) is 0 Å². The van der Waals surface area contributed by atoms with Gasteiger partial charge in [0.25, 0.3) is 0 Å². The Morgan fingerprint density at radius 2 is 1.89 bits per heavy atom. The highest BCUT2D eigenvalue weighted by atomic mass is 32.1. The number of thiophene rings is 1. The van der Waals surface area contributed by atoms with Gasteiger partial charge in [0.2, 0.25) is 11.0 Å². The number of amides is 1. The minimum absolute atomic E-state index is 0.163. The van der Waals surface area contributed by atoms with Gasteiger partial charge in [-0.1, -0.05) is 29.5 Å². The van der Waals surface area contributed by atoms with Crippen molar-refractivity contribution in [1.82, 2.24) is 15.1 Å². The van der Waals surface area contributed by atoms with Gasteiger partial charge in [-0.15, -0.1) is 21.5 Å². The van der Waals surface area contributed by atoms with E-state index in [2.05, 4.69) is 21.2 Å². The van der Waals surface area contributed by atoms with Crippen molar-refractivity contribution in [3.63, 3.8) is 0 Å². The minimum Gasteiger partial charge on any atom is -0.497 e. The van der Waals surface area contributed by atoms with E-state index in [0.29, 0.717) is 19.5 Å². The summed E-state index contributed by atoms with van der Waals surface area (Å²) in [5, 5.41) is 12.6. The third kappa shape index (κ3) is 4.12. The molecular weight excluding hydrogens is 380 g/mol. The third-order valence-corrected chi connectivity index (χ3v) is 6.59. The molecule has 0 unspecified atom stereocenters. The maximum Gasteiger partial charge on any atom is 0.227 e. The molecule has 1 fully saturated rings. The quantitative estimate of drug-likeness (QED) is 0.658. The lowest BCUT2D eigenvalue weighted by atomic mass is 10.1. The number of hydrogen-bond acceptors (Lipinski definition) is 7. The Hall–Kier alpha value is -2.45. The Kier molecular flexibility index (Phi) is 5.35. The van der Waals surface area contributed by atoms with E-state index in [4.69, 9.17) is 4.74 Å². The third-order valence-electron chi connectivity index (χ3n) is 4.56. The van der Waals surface area contributed by atoms with Crippen molar-refractivity contribution < 1.29 is 9.53 Å². The molecule has 0 aliphatic carbocycles. The van der Waals surface area contributed by atoms with Crippen LogP contribution in [0.25, 0.3) is 9.88 Å². The largest absolute Gasteiger partial charge is 0.497 e. The van der Waals surface area contributed by atoms with Gasteiger partial charge in [-0.05, 0) is 29.1 Å². The lowest BCUT2D eigenvalue weighted by Crippen LogP contribution is -2.49. The first-order valence-corrected chi connectivity index (χ1v) is 10.5. The highest BCUT2D eigenvalue weighted by molar-refractivity contribution is 7.22. The summed E-state index contributed by atoms with van der Waals surface area (Å²) < 4.78 is 5.16. The number of benzene rings is 1.